The van der Waals surface area contributed by atoms with Gasteiger partial charge in [-0.2, -0.15) is 0 Å². The van der Waals surface area contributed by atoms with Crippen LogP contribution in [0.2, 0.25) is 0 Å². The van der Waals surface area contributed by atoms with Crippen molar-refractivity contribution >= 4 is 21.8 Å². The monoisotopic (exact) mass is 634 g/mol. The predicted molar refractivity (Wildman–Crippen MR) is 187 cm³/mol. The molecule has 2 aromatic carbocycles. The van der Waals surface area contributed by atoms with Gasteiger partial charge in [0.2, 0.25) is 0 Å². The molecule has 6 aliphatic heterocycles. The summed E-state index contributed by atoms with van der Waals surface area (Å²) in [6.45, 7) is 9.35. The van der Waals surface area contributed by atoms with Gasteiger partial charge in [0.15, 0.2) is 0 Å². The van der Waals surface area contributed by atoms with Crippen molar-refractivity contribution in [3.05, 3.63) is 72.1 Å². The molecule has 4 aromatic rings. The Morgan fingerprint density at radius 1 is 0.681 bits per heavy atom. The Kier molecular flexibility index (Phi) is 8.57. The summed E-state index contributed by atoms with van der Waals surface area (Å²) in [6.07, 6.45) is 11.1. The third-order valence-corrected chi connectivity index (χ3v) is 12.5. The lowest BCUT2D eigenvalue weighted by Gasteiger charge is -2.55. The molecule has 7 heteroatoms. The van der Waals surface area contributed by atoms with Crippen molar-refractivity contribution in [1.29, 1.82) is 0 Å². The Labute approximate surface area is 279 Å². The minimum Gasteiger partial charge on any atom is -0.497 e. The number of aromatic nitrogens is 2. The predicted octanol–water partition coefficient (Wildman–Crippen LogP) is 7.84. The van der Waals surface area contributed by atoms with Gasteiger partial charge in [-0.1, -0.05) is 26.7 Å². The van der Waals surface area contributed by atoms with Crippen LogP contribution in [0.3, 0.4) is 0 Å². The van der Waals surface area contributed by atoms with Crippen molar-refractivity contribution in [3.63, 3.8) is 0 Å². The Hall–Kier alpha value is -3.26. The first-order chi connectivity index (χ1) is 23.1. The number of methoxy groups -OCH3 is 2. The summed E-state index contributed by atoms with van der Waals surface area (Å²) < 4.78 is 19.4. The number of fused-ring (bicyclic) bond motifs is 8. The summed E-state index contributed by atoms with van der Waals surface area (Å²) in [7, 11) is 3.49. The van der Waals surface area contributed by atoms with E-state index in [0.29, 0.717) is 12.1 Å². The number of rotatable bonds is 10. The molecule has 0 spiro atoms. The van der Waals surface area contributed by atoms with Crippen LogP contribution in [0, 0.1) is 23.7 Å². The Balaban J connectivity index is 1.28. The zero-order valence-corrected chi connectivity index (χ0v) is 28.5. The molecule has 4 bridgehead atoms. The second kappa shape index (κ2) is 13.0. The number of pyridine rings is 2. The van der Waals surface area contributed by atoms with Gasteiger partial charge in [-0.05, 0) is 122 Å². The van der Waals surface area contributed by atoms with Gasteiger partial charge in [0, 0.05) is 48.3 Å². The number of ether oxygens (including phenoxy) is 3. The van der Waals surface area contributed by atoms with Crippen LogP contribution in [0.15, 0.2) is 60.9 Å². The first kappa shape index (κ1) is 31.0. The van der Waals surface area contributed by atoms with E-state index >= 15 is 0 Å². The molecule has 2 aromatic heterocycles. The zero-order valence-electron chi connectivity index (χ0n) is 28.5. The third kappa shape index (κ3) is 5.58. The molecule has 0 radical (unpaired) electrons. The molecule has 6 saturated heterocycles. The number of hydrogen-bond donors (Lipinski definition) is 0. The van der Waals surface area contributed by atoms with Crippen molar-refractivity contribution in [2.75, 3.05) is 40.4 Å². The van der Waals surface area contributed by atoms with Crippen LogP contribution in [-0.4, -0.2) is 72.3 Å². The quantitative estimate of drug-likeness (QED) is 0.176. The van der Waals surface area contributed by atoms with E-state index in [9.17, 15) is 0 Å². The molecule has 8 heterocycles. The van der Waals surface area contributed by atoms with Gasteiger partial charge in [-0.25, -0.2) is 0 Å². The lowest BCUT2D eigenvalue weighted by Crippen LogP contribution is -2.57. The average molecular weight is 635 g/mol. The fourth-order valence-electron chi connectivity index (χ4n) is 9.86. The molecule has 6 fully saturated rings. The van der Waals surface area contributed by atoms with E-state index in [-0.39, 0.29) is 12.2 Å². The molecular formula is C40H50N4O3. The number of piperidine rings is 6. The van der Waals surface area contributed by atoms with Crippen LogP contribution < -0.4 is 9.47 Å². The second-order valence-corrected chi connectivity index (χ2v) is 14.6. The minimum atomic E-state index is -0.115. The molecule has 0 amide bonds. The van der Waals surface area contributed by atoms with E-state index in [2.05, 4.69) is 60.0 Å². The van der Waals surface area contributed by atoms with Gasteiger partial charge in [0.1, 0.15) is 11.5 Å². The summed E-state index contributed by atoms with van der Waals surface area (Å²) >= 11 is 0. The third-order valence-electron chi connectivity index (χ3n) is 12.5. The lowest BCUT2D eigenvalue weighted by molar-refractivity contribution is -0.145. The Morgan fingerprint density at radius 3 is 1.53 bits per heavy atom. The van der Waals surface area contributed by atoms with Gasteiger partial charge >= 0.3 is 0 Å². The smallest absolute Gasteiger partial charge is 0.119 e. The van der Waals surface area contributed by atoms with Crippen molar-refractivity contribution < 1.29 is 14.2 Å². The van der Waals surface area contributed by atoms with Crippen molar-refractivity contribution in [1.82, 2.24) is 19.8 Å². The van der Waals surface area contributed by atoms with Gasteiger partial charge in [-0.15, -0.1) is 0 Å². The van der Waals surface area contributed by atoms with Gasteiger partial charge in [0.25, 0.3) is 0 Å². The minimum absolute atomic E-state index is 0.115. The number of benzene rings is 2. The molecular weight excluding hydrogens is 584 g/mol. The summed E-state index contributed by atoms with van der Waals surface area (Å²) in [5.41, 5.74) is 4.42. The molecule has 248 valence electrons. The fraction of sp³-hybridized carbons (Fsp3) is 0.550. The average Bonchev–Trinajstić information content (AvgIpc) is 3.14. The van der Waals surface area contributed by atoms with Crippen molar-refractivity contribution in [2.45, 2.75) is 76.7 Å². The lowest BCUT2D eigenvalue weighted by atomic mass is 9.71. The standard InChI is InChI=1S/C40H50N4O3/c1-5-25-23-43-17-13-27(25)19-37(43)39(31-11-15-41-35-9-7-29(45-3)21-33(31)35)47-40(38-20-28-14-18-44(38)24-26(28)6-2)32-12-16-42-36-10-8-30(46-4)22-34(32)36/h7-12,15-16,21-22,25-28,37-40H,5-6,13-14,17-20,23-24H2,1-4H3/t25-,26-,27-,28-,37-,38-,39+,40+/m0/s1. The zero-order chi connectivity index (χ0) is 32.1. The van der Waals surface area contributed by atoms with Crippen molar-refractivity contribution in [2.24, 2.45) is 23.7 Å². The van der Waals surface area contributed by atoms with E-state index in [1.807, 2.05) is 24.5 Å². The van der Waals surface area contributed by atoms with E-state index in [0.717, 1.165) is 83.2 Å². The first-order valence-electron chi connectivity index (χ1n) is 18.1. The highest BCUT2D eigenvalue weighted by molar-refractivity contribution is 5.85. The maximum Gasteiger partial charge on any atom is 0.119 e. The van der Waals surface area contributed by atoms with Crippen molar-refractivity contribution in [3.8, 4) is 11.5 Å². The van der Waals surface area contributed by atoms with Gasteiger partial charge in [0.05, 0.1) is 37.5 Å². The second-order valence-electron chi connectivity index (χ2n) is 14.6. The first-order valence-corrected chi connectivity index (χ1v) is 18.1. The maximum absolute atomic E-state index is 7.89. The van der Waals surface area contributed by atoms with E-state index in [4.69, 9.17) is 24.2 Å². The topological polar surface area (TPSA) is 60.0 Å². The highest BCUT2D eigenvalue weighted by Crippen LogP contribution is 2.49. The van der Waals surface area contributed by atoms with Crippen LogP contribution in [0.25, 0.3) is 21.8 Å². The molecule has 7 nitrogen and oxygen atoms in total. The van der Waals surface area contributed by atoms with Gasteiger partial charge in [-0.3, -0.25) is 19.8 Å². The number of nitrogens with zero attached hydrogens (tertiary/aromatic N) is 4. The maximum atomic E-state index is 7.89. The Bertz CT molecular complexity index is 1600. The van der Waals surface area contributed by atoms with E-state index < -0.39 is 0 Å². The van der Waals surface area contributed by atoms with Crippen LogP contribution in [0.4, 0.5) is 0 Å². The molecule has 0 aliphatic carbocycles. The molecule has 0 N–H and O–H groups in total. The summed E-state index contributed by atoms with van der Waals surface area (Å²) in [5.74, 6) is 4.74. The number of hydrogen-bond acceptors (Lipinski definition) is 7. The molecule has 10 atom stereocenters. The normalized spacial score (nSPS) is 31.2. The largest absolute Gasteiger partial charge is 0.497 e. The van der Waals surface area contributed by atoms with E-state index in [1.54, 1.807) is 14.2 Å². The SMILES string of the molecule is CC[C@H]1CN2CC[C@H]1C[C@H]2[C@H](O[C@H](c1ccnc2ccc(OC)cc12)[C@@H]1C[C@@H]2CCN1C[C@@H]2CC)c1ccnc2ccc(OC)cc12. The van der Waals surface area contributed by atoms with Crippen LogP contribution in [0.1, 0.15) is 75.7 Å². The fourth-order valence-corrected chi connectivity index (χ4v) is 9.86. The van der Waals surface area contributed by atoms with Crippen LogP contribution >= 0.6 is 0 Å². The summed E-state index contributed by atoms with van der Waals surface area (Å²) in [5, 5.41) is 2.26. The highest BCUT2D eigenvalue weighted by Gasteiger charge is 2.48. The highest BCUT2D eigenvalue weighted by atomic mass is 16.5. The van der Waals surface area contributed by atoms with Crippen LogP contribution in [0.5, 0.6) is 11.5 Å². The molecule has 2 unspecified atom stereocenters. The van der Waals surface area contributed by atoms with E-state index in [1.165, 1.54) is 49.7 Å². The molecule has 47 heavy (non-hydrogen) atoms. The summed E-state index contributed by atoms with van der Waals surface area (Å²) in [6, 6.07) is 17.6. The molecule has 6 aliphatic rings. The van der Waals surface area contributed by atoms with Gasteiger partial charge < -0.3 is 14.2 Å². The molecule has 10 rings (SSSR count). The summed E-state index contributed by atoms with van der Waals surface area (Å²) in [4.78, 5) is 15.1. The molecule has 0 saturated carbocycles. The Morgan fingerprint density at radius 2 is 1.15 bits per heavy atom. The van der Waals surface area contributed by atoms with Crippen LogP contribution in [-0.2, 0) is 4.74 Å².